The third-order valence-corrected chi connectivity index (χ3v) is 2.51. The first kappa shape index (κ1) is 7.83. The summed E-state index contributed by atoms with van der Waals surface area (Å²) in [6.07, 6.45) is 3.02. The molecule has 0 radical (unpaired) electrons. The van der Waals surface area contributed by atoms with Crippen LogP contribution in [0.5, 0.6) is 0 Å². The molecule has 0 aliphatic carbocycles. The fourth-order valence-electron chi connectivity index (χ4n) is 0.694. The number of rotatable bonds is 2. The fraction of sp³-hybridized carbons (Fsp3) is 0.250. The van der Waals surface area contributed by atoms with Gasteiger partial charge < -0.3 is 0 Å². The maximum Gasteiger partial charge on any atom is 0.0538 e. The molecule has 1 aromatic rings. The van der Waals surface area contributed by atoms with Crippen molar-refractivity contribution in [3.8, 4) is 0 Å². The second-order valence-corrected chi connectivity index (χ2v) is 3.29. The van der Waals surface area contributed by atoms with Gasteiger partial charge in [-0.15, -0.1) is 11.3 Å². The van der Waals surface area contributed by atoms with Crippen molar-refractivity contribution in [1.82, 2.24) is 0 Å². The topological polar surface area (TPSA) is 0 Å². The monoisotopic (exact) mass is 172 g/mol. The molecule has 0 saturated carbocycles. The van der Waals surface area contributed by atoms with Crippen molar-refractivity contribution in [1.29, 1.82) is 0 Å². The molecule has 0 aliphatic rings. The molecule has 0 spiro atoms. The van der Waals surface area contributed by atoms with E-state index in [0.717, 1.165) is 16.3 Å². The predicted molar refractivity (Wildman–Crippen MR) is 48.4 cm³/mol. The molecule has 1 heterocycles. The van der Waals surface area contributed by atoms with Crippen molar-refractivity contribution in [2.75, 3.05) is 0 Å². The van der Waals surface area contributed by atoms with E-state index >= 15 is 0 Å². The first-order chi connectivity index (χ1) is 4.84. The molecule has 0 atom stereocenters. The van der Waals surface area contributed by atoms with E-state index < -0.39 is 0 Å². The summed E-state index contributed by atoms with van der Waals surface area (Å²) in [6, 6.07) is 4.03. The molecule has 2 heteroatoms. The number of thiophene rings is 1. The molecule has 0 fully saturated rings. The number of allylic oxidation sites excluding steroid dienone is 1. The minimum Gasteiger partial charge on any atom is -0.143 e. The van der Waals surface area contributed by atoms with E-state index in [9.17, 15) is 0 Å². The van der Waals surface area contributed by atoms with Crippen LogP contribution in [-0.4, -0.2) is 0 Å². The molecule has 0 unspecified atom stereocenters. The van der Waals surface area contributed by atoms with E-state index in [1.54, 1.807) is 11.3 Å². The zero-order chi connectivity index (χ0) is 7.40. The highest BCUT2D eigenvalue weighted by Crippen LogP contribution is 2.23. The lowest BCUT2D eigenvalue weighted by atomic mass is 10.3. The molecule has 0 aromatic carbocycles. The highest BCUT2D eigenvalue weighted by atomic mass is 35.5. The lowest BCUT2D eigenvalue weighted by molar-refractivity contribution is 1.23. The van der Waals surface area contributed by atoms with Crippen LogP contribution in [0.4, 0.5) is 0 Å². The van der Waals surface area contributed by atoms with E-state index in [-0.39, 0.29) is 0 Å². The predicted octanol–water partition coefficient (Wildman–Crippen LogP) is 3.74. The Morgan fingerprint density at radius 2 is 2.60 bits per heavy atom. The molecule has 54 valence electrons. The van der Waals surface area contributed by atoms with Crippen molar-refractivity contribution in [2.24, 2.45) is 0 Å². The van der Waals surface area contributed by atoms with Crippen LogP contribution in [0, 0.1) is 0 Å². The van der Waals surface area contributed by atoms with Crippen LogP contribution < -0.4 is 0 Å². The van der Waals surface area contributed by atoms with Gasteiger partial charge in [-0.2, -0.15) is 0 Å². The molecular formula is C8H9ClS. The largest absolute Gasteiger partial charge is 0.143 e. The summed E-state index contributed by atoms with van der Waals surface area (Å²) < 4.78 is 0. The summed E-state index contributed by atoms with van der Waals surface area (Å²) in [7, 11) is 0. The number of hydrogen-bond donors (Lipinski definition) is 0. The van der Waals surface area contributed by atoms with Gasteiger partial charge in [0.05, 0.1) is 5.03 Å². The number of halogens is 1. The van der Waals surface area contributed by atoms with Crippen LogP contribution in [0.25, 0.3) is 5.03 Å². The Morgan fingerprint density at radius 3 is 3.10 bits per heavy atom. The Bertz CT molecular complexity index is 211. The van der Waals surface area contributed by atoms with Gasteiger partial charge in [0, 0.05) is 4.88 Å². The van der Waals surface area contributed by atoms with Gasteiger partial charge in [0.15, 0.2) is 0 Å². The van der Waals surface area contributed by atoms with Crippen LogP contribution in [-0.2, 0) is 0 Å². The molecule has 0 aliphatic heterocycles. The lowest BCUT2D eigenvalue weighted by Crippen LogP contribution is -1.65. The van der Waals surface area contributed by atoms with Gasteiger partial charge in [0.25, 0.3) is 0 Å². The second kappa shape index (κ2) is 3.79. The smallest absolute Gasteiger partial charge is 0.0538 e. The lowest BCUT2D eigenvalue weighted by Gasteiger charge is -1.89. The number of hydrogen-bond acceptors (Lipinski definition) is 1. The molecule has 0 saturated heterocycles. The van der Waals surface area contributed by atoms with E-state index in [4.69, 9.17) is 11.6 Å². The summed E-state index contributed by atoms with van der Waals surface area (Å²) in [4.78, 5) is 1.16. The SMILES string of the molecule is CC/C=C(\Cl)c1cccs1. The van der Waals surface area contributed by atoms with E-state index in [1.165, 1.54) is 0 Å². The summed E-state index contributed by atoms with van der Waals surface area (Å²) >= 11 is 7.59. The van der Waals surface area contributed by atoms with Crippen molar-refractivity contribution in [2.45, 2.75) is 13.3 Å². The first-order valence-corrected chi connectivity index (χ1v) is 4.50. The summed E-state index contributed by atoms with van der Waals surface area (Å²) in [5.74, 6) is 0. The summed E-state index contributed by atoms with van der Waals surface area (Å²) in [5, 5.41) is 2.90. The van der Waals surface area contributed by atoms with E-state index in [1.807, 2.05) is 23.6 Å². The molecule has 1 aromatic heterocycles. The van der Waals surface area contributed by atoms with Gasteiger partial charge in [-0.05, 0) is 17.9 Å². The van der Waals surface area contributed by atoms with Crippen LogP contribution in [0.1, 0.15) is 18.2 Å². The van der Waals surface area contributed by atoms with Crippen LogP contribution in [0.15, 0.2) is 23.6 Å². The first-order valence-electron chi connectivity index (χ1n) is 3.24. The third-order valence-electron chi connectivity index (χ3n) is 1.14. The average Bonchev–Trinajstić information content (AvgIpc) is 2.38. The normalized spacial score (nSPS) is 12.0. The Morgan fingerprint density at radius 1 is 1.80 bits per heavy atom. The Balaban J connectivity index is 2.77. The minimum absolute atomic E-state index is 0.873. The molecule has 1 rings (SSSR count). The second-order valence-electron chi connectivity index (χ2n) is 1.94. The van der Waals surface area contributed by atoms with Crippen LogP contribution in [0.2, 0.25) is 0 Å². The third kappa shape index (κ3) is 1.86. The van der Waals surface area contributed by atoms with Crippen molar-refractivity contribution in [3.63, 3.8) is 0 Å². The van der Waals surface area contributed by atoms with Crippen LogP contribution in [0.3, 0.4) is 0 Å². The van der Waals surface area contributed by atoms with Crippen molar-refractivity contribution in [3.05, 3.63) is 28.5 Å². The van der Waals surface area contributed by atoms with Gasteiger partial charge in [0.1, 0.15) is 0 Å². The highest BCUT2D eigenvalue weighted by Gasteiger charge is 1.95. The van der Waals surface area contributed by atoms with E-state index in [2.05, 4.69) is 6.92 Å². The average molecular weight is 173 g/mol. The van der Waals surface area contributed by atoms with Gasteiger partial charge in [-0.3, -0.25) is 0 Å². The van der Waals surface area contributed by atoms with Gasteiger partial charge in [-0.1, -0.05) is 30.7 Å². The molecule has 0 bridgehead atoms. The highest BCUT2D eigenvalue weighted by molar-refractivity contribution is 7.12. The van der Waals surface area contributed by atoms with Gasteiger partial charge in [-0.25, -0.2) is 0 Å². The maximum atomic E-state index is 5.92. The fourth-order valence-corrected chi connectivity index (χ4v) is 1.70. The van der Waals surface area contributed by atoms with Gasteiger partial charge >= 0.3 is 0 Å². The minimum atomic E-state index is 0.873. The zero-order valence-corrected chi connectivity index (χ0v) is 7.38. The standard InChI is InChI=1S/C8H9ClS/c1-2-4-7(9)8-5-3-6-10-8/h3-6H,2H2,1H3/b7-4-. The van der Waals surface area contributed by atoms with Crippen LogP contribution >= 0.6 is 22.9 Å². The quantitative estimate of drug-likeness (QED) is 0.638. The maximum absolute atomic E-state index is 5.92. The Hall–Kier alpha value is -0.270. The van der Waals surface area contributed by atoms with E-state index in [0.29, 0.717) is 0 Å². The molecular weight excluding hydrogens is 164 g/mol. The molecule has 0 nitrogen and oxygen atoms in total. The zero-order valence-electron chi connectivity index (χ0n) is 5.80. The molecule has 10 heavy (non-hydrogen) atoms. The summed E-state index contributed by atoms with van der Waals surface area (Å²) in [5.41, 5.74) is 0. The summed E-state index contributed by atoms with van der Waals surface area (Å²) in [6.45, 7) is 2.08. The van der Waals surface area contributed by atoms with Crippen molar-refractivity contribution < 1.29 is 0 Å². The Labute approximate surface area is 70.1 Å². The van der Waals surface area contributed by atoms with Gasteiger partial charge in [0.2, 0.25) is 0 Å². The molecule has 0 N–H and O–H groups in total. The molecule has 0 amide bonds. The Kier molecular flexibility index (Phi) is 2.97. The van der Waals surface area contributed by atoms with Crippen molar-refractivity contribution >= 4 is 28.0 Å².